The van der Waals surface area contributed by atoms with E-state index in [2.05, 4.69) is 17.0 Å². The molecule has 98 valence electrons. The zero-order chi connectivity index (χ0) is 13.3. The normalized spacial score (nSPS) is 22.2. The third-order valence-electron chi connectivity index (χ3n) is 3.28. The van der Waals surface area contributed by atoms with E-state index in [-0.39, 0.29) is 17.3 Å². The molecule has 0 atom stereocenters. The van der Waals surface area contributed by atoms with Crippen LogP contribution in [-0.2, 0) is 4.74 Å². The van der Waals surface area contributed by atoms with E-state index in [1.807, 2.05) is 0 Å². The van der Waals surface area contributed by atoms with Crippen LogP contribution in [0.3, 0.4) is 0 Å². The Morgan fingerprint density at radius 1 is 1.50 bits per heavy atom. The second-order valence-electron chi connectivity index (χ2n) is 4.83. The van der Waals surface area contributed by atoms with Crippen LogP contribution in [0.25, 0.3) is 0 Å². The van der Waals surface area contributed by atoms with E-state index in [0.717, 1.165) is 18.9 Å². The quantitative estimate of drug-likeness (QED) is 0.640. The average Bonchev–Trinajstić information content (AvgIpc) is 2.29. The van der Waals surface area contributed by atoms with Crippen LogP contribution >= 0.6 is 0 Å². The first kappa shape index (κ1) is 12.7. The lowest BCUT2D eigenvalue weighted by molar-refractivity contribution is 0.0602. The molecule has 1 aliphatic carbocycles. The Kier molecular flexibility index (Phi) is 3.41. The van der Waals surface area contributed by atoms with Crippen molar-refractivity contribution in [3.8, 4) is 0 Å². The van der Waals surface area contributed by atoms with Gasteiger partial charge in [-0.1, -0.05) is 6.92 Å². The number of ether oxygens (including phenoxy) is 1. The first-order valence-corrected chi connectivity index (χ1v) is 5.95. The van der Waals surface area contributed by atoms with Gasteiger partial charge in [-0.2, -0.15) is 0 Å². The van der Waals surface area contributed by atoms with E-state index < -0.39 is 11.8 Å². The van der Waals surface area contributed by atoms with E-state index >= 15 is 0 Å². The summed E-state index contributed by atoms with van der Waals surface area (Å²) in [5.74, 6) is -0.336. The Balaban J connectivity index is 2.21. The third kappa shape index (κ3) is 2.39. The molecule has 0 saturated heterocycles. The van der Waals surface area contributed by atoms with Gasteiger partial charge in [0.2, 0.25) is 0 Å². The summed E-state index contributed by atoms with van der Waals surface area (Å²) in [5.41, 5.74) is 6.18. The van der Waals surface area contributed by atoms with E-state index in [4.69, 9.17) is 5.73 Å². The molecular formula is C13H17FN2O2. The molecule has 0 unspecified atom stereocenters. The standard InChI is InChI=1S/C13H17FN2O2/c1-7-3-8(4-7)16-12-5-9(13(17)18-2)11(15)6-10(12)14/h5-8,16H,3-4,15H2,1-2H3. The Hall–Kier alpha value is -1.78. The fraction of sp³-hybridized carbons (Fsp3) is 0.462. The zero-order valence-corrected chi connectivity index (χ0v) is 10.5. The van der Waals surface area contributed by atoms with Gasteiger partial charge in [-0.3, -0.25) is 0 Å². The number of halogens is 1. The minimum absolute atomic E-state index is 0.0897. The van der Waals surface area contributed by atoms with Crippen LogP contribution in [0.4, 0.5) is 15.8 Å². The maximum Gasteiger partial charge on any atom is 0.340 e. The molecule has 1 aromatic rings. The van der Waals surface area contributed by atoms with Gasteiger partial charge in [-0.25, -0.2) is 9.18 Å². The van der Waals surface area contributed by atoms with Crippen LogP contribution in [0.15, 0.2) is 12.1 Å². The number of nitrogens with two attached hydrogens (primary N) is 1. The monoisotopic (exact) mass is 252 g/mol. The number of esters is 1. The fourth-order valence-corrected chi connectivity index (χ4v) is 2.23. The Morgan fingerprint density at radius 3 is 2.72 bits per heavy atom. The number of anilines is 2. The average molecular weight is 252 g/mol. The molecule has 0 amide bonds. The maximum absolute atomic E-state index is 13.7. The van der Waals surface area contributed by atoms with Gasteiger partial charge < -0.3 is 15.8 Å². The van der Waals surface area contributed by atoms with Gasteiger partial charge in [0.05, 0.1) is 18.4 Å². The molecule has 0 aromatic heterocycles. The molecule has 0 heterocycles. The molecule has 1 aliphatic rings. The van der Waals surface area contributed by atoms with Crippen LogP contribution in [0.1, 0.15) is 30.1 Å². The minimum Gasteiger partial charge on any atom is -0.465 e. The van der Waals surface area contributed by atoms with Crippen molar-refractivity contribution in [2.24, 2.45) is 5.92 Å². The molecule has 18 heavy (non-hydrogen) atoms. The van der Waals surface area contributed by atoms with Crippen molar-refractivity contribution in [3.05, 3.63) is 23.5 Å². The second-order valence-corrected chi connectivity index (χ2v) is 4.83. The minimum atomic E-state index is -0.558. The summed E-state index contributed by atoms with van der Waals surface area (Å²) in [7, 11) is 1.27. The molecule has 1 aromatic carbocycles. The molecule has 0 bridgehead atoms. The van der Waals surface area contributed by atoms with Crippen LogP contribution in [0.2, 0.25) is 0 Å². The SMILES string of the molecule is COC(=O)c1cc(NC2CC(C)C2)c(F)cc1N. The number of nitrogens with one attached hydrogen (secondary N) is 1. The van der Waals surface area contributed by atoms with Gasteiger partial charge in [0.1, 0.15) is 5.82 Å². The maximum atomic E-state index is 13.7. The Labute approximate surface area is 105 Å². The first-order valence-electron chi connectivity index (χ1n) is 5.95. The molecular weight excluding hydrogens is 235 g/mol. The van der Waals surface area contributed by atoms with Gasteiger partial charge in [0.25, 0.3) is 0 Å². The highest BCUT2D eigenvalue weighted by Crippen LogP contribution is 2.31. The van der Waals surface area contributed by atoms with Crippen molar-refractivity contribution in [2.45, 2.75) is 25.8 Å². The third-order valence-corrected chi connectivity index (χ3v) is 3.28. The van der Waals surface area contributed by atoms with Crippen molar-refractivity contribution in [1.29, 1.82) is 0 Å². The van der Waals surface area contributed by atoms with Gasteiger partial charge in [0.15, 0.2) is 0 Å². The molecule has 4 nitrogen and oxygen atoms in total. The van der Waals surface area contributed by atoms with Crippen LogP contribution in [-0.4, -0.2) is 19.1 Å². The van der Waals surface area contributed by atoms with Crippen molar-refractivity contribution in [3.63, 3.8) is 0 Å². The van der Waals surface area contributed by atoms with Crippen molar-refractivity contribution < 1.29 is 13.9 Å². The largest absolute Gasteiger partial charge is 0.465 e. The highest BCUT2D eigenvalue weighted by atomic mass is 19.1. The number of hydrogen-bond acceptors (Lipinski definition) is 4. The van der Waals surface area contributed by atoms with E-state index in [9.17, 15) is 9.18 Å². The predicted octanol–water partition coefficient (Wildman–Crippen LogP) is 2.40. The molecule has 0 aliphatic heterocycles. The topological polar surface area (TPSA) is 64.3 Å². The number of hydrogen-bond donors (Lipinski definition) is 2. The number of nitrogen functional groups attached to an aromatic ring is 1. The molecule has 0 radical (unpaired) electrons. The van der Waals surface area contributed by atoms with Gasteiger partial charge in [-0.05, 0) is 30.9 Å². The molecule has 1 fully saturated rings. The number of methoxy groups -OCH3 is 1. The lowest BCUT2D eigenvalue weighted by atomic mass is 9.82. The van der Waals surface area contributed by atoms with E-state index in [0.29, 0.717) is 11.6 Å². The van der Waals surface area contributed by atoms with Gasteiger partial charge in [0, 0.05) is 11.7 Å². The van der Waals surface area contributed by atoms with Crippen LogP contribution in [0, 0.1) is 11.7 Å². The number of carbonyl (C=O) groups is 1. The number of carbonyl (C=O) groups excluding carboxylic acids is 1. The fourth-order valence-electron chi connectivity index (χ4n) is 2.23. The Bertz CT molecular complexity index is 470. The molecule has 1 saturated carbocycles. The predicted molar refractivity (Wildman–Crippen MR) is 68.0 cm³/mol. The number of rotatable bonds is 3. The van der Waals surface area contributed by atoms with E-state index in [1.54, 1.807) is 0 Å². The van der Waals surface area contributed by atoms with Gasteiger partial charge >= 0.3 is 5.97 Å². The summed E-state index contributed by atoms with van der Waals surface area (Å²) in [4.78, 5) is 11.5. The zero-order valence-electron chi connectivity index (χ0n) is 10.5. The summed E-state index contributed by atoms with van der Waals surface area (Å²) < 4.78 is 18.3. The van der Waals surface area contributed by atoms with E-state index in [1.165, 1.54) is 13.2 Å². The van der Waals surface area contributed by atoms with Crippen molar-refractivity contribution >= 4 is 17.3 Å². The smallest absolute Gasteiger partial charge is 0.340 e. The highest BCUT2D eigenvalue weighted by molar-refractivity contribution is 5.96. The summed E-state index contributed by atoms with van der Waals surface area (Å²) in [6, 6.07) is 2.83. The summed E-state index contributed by atoms with van der Waals surface area (Å²) in [6.07, 6.45) is 2.02. The molecule has 3 N–H and O–H groups in total. The second kappa shape index (κ2) is 4.84. The summed E-state index contributed by atoms with van der Waals surface area (Å²) >= 11 is 0. The lowest BCUT2D eigenvalue weighted by Gasteiger charge is -2.34. The molecule has 2 rings (SSSR count). The van der Waals surface area contributed by atoms with Crippen molar-refractivity contribution in [1.82, 2.24) is 0 Å². The van der Waals surface area contributed by atoms with Crippen LogP contribution < -0.4 is 11.1 Å². The van der Waals surface area contributed by atoms with Crippen LogP contribution in [0.5, 0.6) is 0 Å². The molecule has 0 spiro atoms. The Morgan fingerprint density at radius 2 is 2.17 bits per heavy atom. The van der Waals surface area contributed by atoms with Crippen molar-refractivity contribution in [2.75, 3.05) is 18.2 Å². The molecule has 5 heteroatoms. The summed E-state index contributed by atoms with van der Waals surface area (Å²) in [5, 5.41) is 3.09. The number of benzene rings is 1. The summed E-state index contributed by atoms with van der Waals surface area (Å²) in [6.45, 7) is 2.15. The first-order chi connectivity index (χ1) is 8.51. The van der Waals surface area contributed by atoms with Gasteiger partial charge in [-0.15, -0.1) is 0 Å². The highest BCUT2D eigenvalue weighted by Gasteiger charge is 2.26. The lowest BCUT2D eigenvalue weighted by Crippen LogP contribution is -2.34.